The lowest BCUT2D eigenvalue weighted by Crippen LogP contribution is -2.13. The first-order chi connectivity index (χ1) is 19.3. The van der Waals surface area contributed by atoms with Crippen LogP contribution in [0.2, 0.25) is 0 Å². The van der Waals surface area contributed by atoms with Gasteiger partial charge in [0.15, 0.2) is 0 Å². The van der Waals surface area contributed by atoms with Gasteiger partial charge in [0.05, 0.1) is 6.61 Å². The van der Waals surface area contributed by atoms with Crippen molar-refractivity contribution in [1.82, 2.24) is 0 Å². The number of benzene rings is 4. The van der Waals surface area contributed by atoms with Crippen LogP contribution in [0.1, 0.15) is 40.3 Å². The number of nitrogens with one attached hydrogen (secondary N) is 1. The van der Waals surface area contributed by atoms with E-state index in [9.17, 15) is 10.1 Å². The molecular formula is C34H31IN2O3. The Morgan fingerprint density at radius 3 is 2.27 bits per heavy atom. The van der Waals surface area contributed by atoms with Crippen LogP contribution in [0, 0.1) is 28.7 Å². The van der Waals surface area contributed by atoms with Crippen LogP contribution in [0.5, 0.6) is 11.5 Å². The van der Waals surface area contributed by atoms with E-state index in [2.05, 4.69) is 60.0 Å². The summed E-state index contributed by atoms with van der Waals surface area (Å²) >= 11 is 2.30. The van der Waals surface area contributed by atoms with Gasteiger partial charge in [-0.15, -0.1) is 0 Å². The second-order valence-corrected chi connectivity index (χ2v) is 10.7. The fourth-order valence-corrected chi connectivity index (χ4v) is 5.25. The van der Waals surface area contributed by atoms with Crippen LogP contribution in [0.15, 0.2) is 90.5 Å². The second kappa shape index (κ2) is 13.8. The van der Waals surface area contributed by atoms with Gasteiger partial charge in [-0.3, -0.25) is 4.79 Å². The van der Waals surface area contributed by atoms with Crippen molar-refractivity contribution in [3.8, 4) is 17.6 Å². The van der Waals surface area contributed by atoms with E-state index >= 15 is 0 Å². The molecule has 0 radical (unpaired) electrons. The van der Waals surface area contributed by atoms with Crippen LogP contribution in [0.3, 0.4) is 0 Å². The van der Waals surface area contributed by atoms with Crippen LogP contribution >= 0.6 is 22.6 Å². The molecule has 5 nitrogen and oxygen atoms in total. The second-order valence-electron chi connectivity index (χ2n) is 9.51. The average Bonchev–Trinajstić information content (AvgIpc) is 2.93. The molecule has 0 aliphatic heterocycles. The maximum Gasteiger partial charge on any atom is 0.266 e. The zero-order valence-electron chi connectivity index (χ0n) is 22.8. The third-order valence-corrected chi connectivity index (χ3v) is 7.14. The molecular weight excluding hydrogens is 611 g/mol. The summed E-state index contributed by atoms with van der Waals surface area (Å²) in [5, 5.41) is 12.6. The van der Waals surface area contributed by atoms with Crippen molar-refractivity contribution in [2.75, 3.05) is 11.9 Å². The summed E-state index contributed by atoms with van der Waals surface area (Å²) in [6, 6.07) is 29.4. The quantitative estimate of drug-likeness (QED) is 0.108. The molecule has 1 N–H and O–H groups in total. The van der Waals surface area contributed by atoms with E-state index in [-0.39, 0.29) is 5.57 Å². The number of halogens is 1. The maximum atomic E-state index is 12.9. The molecule has 4 aromatic carbocycles. The van der Waals surface area contributed by atoms with Gasteiger partial charge in [-0.2, -0.15) is 5.26 Å². The summed E-state index contributed by atoms with van der Waals surface area (Å²) in [6.45, 7) is 7.12. The minimum Gasteiger partial charge on any atom is -0.494 e. The lowest BCUT2D eigenvalue weighted by atomic mass is 9.98. The highest BCUT2D eigenvalue weighted by Gasteiger charge is 2.14. The van der Waals surface area contributed by atoms with Gasteiger partial charge in [0.25, 0.3) is 5.91 Å². The molecule has 0 spiro atoms. The number of hydrogen-bond acceptors (Lipinski definition) is 4. The van der Waals surface area contributed by atoms with Crippen LogP contribution in [-0.4, -0.2) is 12.5 Å². The van der Waals surface area contributed by atoms with E-state index in [1.165, 1.54) is 16.7 Å². The Labute approximate surface area is 249 Å². The number of aryl methyl sites for hydroxylation is 2. The predicted octanol–water partition coefficient (Wildman–Crippen LogP) is 8.02. The number of hydrogen-bond donors (Lipinski definition) is 1. The van der Waals surface area contributed by atoms with Gasteiger partial charge >= 0.3 is 0 Å². The number of nitriles is 1. The minimum absolute atomic E-state index is 0.00436. The number of rotatable bonds is 10. The maximum absolute atomic E-state index is 12.9. The van der Waals surface area contributed by atoms with Crippen LogP contribution in [-0.2, 0) is 17.8 Å². The van der Waals surface area contributed by atoms with Crippen molar-refractivity contribution in [2.45, 2.75) is 33.8 Å². The molecule has 0 aliphatic carbocycles. The molecule has 0 unspecified atom stereocenters. The zero-order chi connectivity index (χ0) is 28.5. The Morgan fingerprint density at radius 2 is 1.62 bits per heavy atom. The number of ether oxygens (including phenoxy) is 2. The largest absolute Gasteiger partial charge is 0.494 e. The van der Waals surface area contributed by atoms with E-state index in [0.29, 0.717) is 24.7 Å². The molecule has 0 aliphatic rings. The molecule has 202 valence electrons. The highest BCUT2D eigenvalue weighted by Crippen LogP contribution is 2.30. The monoisotopic (exact) mass is 642 g/mol. The first-order valence-corrected chi connectivity index (χ1v) is 14.1. The fourth-order valence-electron chi connectivity index (χ4n) is 4.43. The van der Waals surface area contributed by atoms with Crippen LogP contribution < -0.4 is 14.8 Å². The van der Waals surface area contributed by atoms with Crippen molar-refractivity contribution in [3.05, 3.63) is 127 Å². The summed E-state index contributed by atoms with van der Waals surface area (Å²) in [4.78, 5) is 12.9. The smallest absolute Gasteiger partial charge is 0.266 e. The molecule has 1 amide bonds. The van der Waals surface area contributed by atoms with Gasteiger partial charge in [0, 0.05) is 21.2 Å². The molecule has 40 heavy (non-hydrogen) atoms. The zero-order valence-corrected chi connectivity index (χ0v) is 25.0. The van der Waals surface area contributed by atoms with Gasteiger partial charge < -0.3 is 14.8 Å². The van der Waals surface area contributed by atoms with Crippen molar-refractivity contribution in [2.24, 2.45) is 0 Å². The first-order valence-electron chi connectivity index (χ1n) is 13.1. The van der Waals surface area contributed by atoms with Crippen molar-refractivity contribution < 1.29 is 14.3 Å². The van der Waals surface area contributed by atoms with Gasteiger partial charge in [-0.1, -0.05) is 59.7 Å². The number of carbonyl (C=O) groups is 1. The highest BCUT2D eigenvalue weighted by atomic mass is 127. The standard InChI is InChI=1S/C34H31IN2O3/c1-4-39-33-20-27(19-32(35)31(33)18-26-15-23(2)14-24(3)16-26)17-28(21-36)34(38)37-29-10-12-30(13-11-29)40-22-25-8-6-5-7-9-25/h5-17,19-20H,4,18,22H2,1-3H3,(H,37,38)/b28-17+. The summed E-state index contributed by atoms with van der Waals surface area (Å²) < 4.78 is 12.8. The van der Waals surface area contributed by atoms with Gasteiger partial charge in [0.2, 0.25) is 0 Å². The molecule has 0 bridgehead atoms. The molecule has 0 atom stereocenters. The topological polar surface area (TPSA) is 71.3 Å². The van der Waals surface area contributed by atoms with E-state index < -0.39 is 5.91 Å². The van der Waals surface area contributed by atoms with Crippen LogP contribution in [0.4, 0.5) is 5.69 Å². The van der Waals surface area contributed by atoms with Crippen LogP contribution in [0.25, 0.3) is 6.08 Å². The number of carbonyl (C=O) groups excluding carboxylic acids is 1. The molecule has 6 heteroatoms. The summed E-state index contributed by atoms with van der Waals surface area (Å²) in [5.74, 6) is 0.966. The summed E-state index contributed by atoms with van der Waals surface area (Å²) in [6.07, 6.45) is 2.33. The highest BCUT2D eigenvalue weighted by molar-refractivity contribution is 14.1. The van der Waals surface area contributed by atoms with E-state index in [1.807, 2.05) is 55.5 Å². The predicted molar refractivity (Wildman–Crippen MR) is 168 cm³/mol. The third kappa shape index (κ3) is 7.96. The Hall–Kier alpha value is -4.09. The van der Waals surface area contributed by atoms with Crippen molar-refractivity contribution in [1.29, 1.82) is 5.26 Å². The Morgan fingerprint density at radius 1 is 0.925 bits per heavy atom. The van der Waals surface area contributed by atoms with E-state index in [0.717, 1.165) is 32.4 Å². The summed E-state index contributed by atoms with van der Waals surface area (Å²) in [7, 11) is 0. The molecule has 0 saturated heterocycles. The molecule has 0 heterocycles. The third-order valence-electron chi connectivity index (χ3n) is 6.18. The first kappa shape index (κ1) is 28.9. The van der Waals surface area contributed by atoms with Gasteiger partial charge in [-0.05, 0) is 103 Å². The number of amides is 1. The van der Waals surface area contributed by atoms with E-state index in [1.54, 1.807) is 30.3 Å². The normalized spacial score (nSPS) is 11.0. The molecule has 0 fully saturated rings. The van der Waals surface area contributed by atoms with Gasteiger partial charge in [-0.25, -0.2) is 0 Å². The fraction of sp³-hybridized carbons (Fsp3) is 0.176. The number of anilines is 1. The Kier molecular flexibility index (Phi) is 9.98. The Bertz CT molecular complexity index is 1530. The minimum atomic E-state index is -0.479. The van der Waals surface area contributed by atoms with E-state index in [4.69, 9.17) is 9.47 Å². The molecule has 4 rings (SSSR count). The molecule has 4 aromatic rings. The Balaban J connectivity index is 1.48. The number of nitrogens with zero attached hydrogens (tertiary/aromatic N) is 1. The molecule has 0 aromatic heterocycles. The average molecular weight is 643 g/mol. The molecule has 0 saturated carbocycles. The summed E-state index contributed by atoms with van der Waals surface area (Å²) in [5.41, 5.74) is 7.13. The van der Waals surface area contributed by atoms with Gasteiger partial charge in [0.1, 0.15) is 29.7 Å². The SMILES string of the molecule is CCOc1cc(/C=C(\C#N)C(=O)Nc2ccc(OCc3ccccc3)cc2)cc(I)c1Cc1cc(C)cc(C)c1. The van der Waals surface area contributed by atoms with Crippen molar-refractivity contribution >= 4 is 40.3 Å². The lowest BCUT2D eigenvalue weighted by molar-refractivity contribution is -0.112. The lowest BCUT2D eigenvalue weighted by Gasteiger charge is -2.15. The van der Waals surface area contributed by atoms with Crippen molar-refractivity contribution in [3.63, 3.8) is 0 Å².